The molecule has 1 heterocycles. The molecule has 6 heteroatoms. The number of carbonyl (C=O) groups is 1. The Bertz CT molecular complexity index is 294. The number of carbonyl (C=O) groups excluding carboxylic acids is 1. The molecule has 1 rings (SSSR count). The number of aliphatic hydroxyl groups is 1. The van der Waals surface area contributed by atoms with E-state index < -0.39 is 11.5 Å². The number of aliphatic hydroxyl groups excluding tert-OH is 1. The van der Waals surface area contributed by atoms with Gasteiger partial charge in [0.1, 0.15) is 5.41 Å². The van der Waals surface area contributed by atoms with Crippen molar-refractivity contribution in [2.75, 3.05) is 33.5 Å². The fraction of sp³-hybridized carbons (Fsp3) is 0.818. The molecule has 0 aliphatic carbocycles. The topological polar surface area (TPSA) is 91.6 Å². The Morgan fingerprint density at radius 1 is 1.65 bits per heavy atom. The van der Waals surface area contributed by atoms with Crippen LogP contribution >= 0.6 is 0 Å². The number of amides is 1. The van der Waals surface area contributed by atoms with Crippen molar-refractivity contribution < 1.29 is 19.4 Å². The number of nitrogens with zero attached hydrogens (tertiary/aromatic N) is 1. The number of nitriles is 1. The third kappa shape index (κ3) is 3.40. The second-order valence-electron chi connectivity index (χ2n) is 4.11. The van der Waals surface area contributed by atoms with E-state index in [0.29, 0.717) is 26.1 Å². The van der Waals surface area contributed by atoms with E-state index >= 15 is 0 Å². The molecule has 1 saturated heterocycles. The maximum absolute atomic E-state index is 12.0. The third-order valence-electron chi connectivity index (χ3n) is 2.92. The van der Waals surface area contributed by atoms with Gasteiger partial charge in [-0.3, -0.25) is 4.79 Å². The summed E-state index contributed by atoms with van der Waals surface area (Å²) in [6.45, 7) is 0.835. The van der Waals surface area contributed by atoms with E-state index in [1.165, 1.54) is 7.11 Å². The number of nitrogens with one attached hydrogen (secondary N) is 1. The Hall–Kier alpha value is -1.16. The first-order valence-electron chi connectivity index (χ1n) is 5.58. The van der Waals surface area contributed by atoms with Gasteiger partial charge in [0.05, 0.1) is 25.3 Å². The molecule has 96 valence electrons. The number of rotatable bonds is 5. The van der Waals surface area contributed by atoms with Crippen molar-refractivity contribution in [3.8, 4) is 6.07 Å². The summed E-state index contributed by atoms with van der Waals surface area (Å²) in [5, 5.41) is 20.9. The second kappa shape index (κ2) is 6.55. The molecule has 1 unspecified atom stereocenters. The Labute approximate surface area is 101 Å². The molecule has 0 aromatic carbocycles. The Kier molecular flexibility index (Phi) is 5.35. The van der Waals surface area contributed by atoms with Crippen LogP contribution in [0.25, 0.3) is 0 Å². The summed E-state index contributed by atoms with van der Waals surface area (Å²) < 4.78 is 10.0. The Morgan fingerprint density at radius 3 is 2.76 bits per heavy atom. The zero-order valence-electron chi connectivity index (χ0n) is 9.94. The fourth-order valence-corrected chi connectivity index (χ4v) is 1.77. The van der Waals surface area contributed by atoms with Gasteiger partial charge in [-0.2, -0.15) is 5.26 Å². The molecule has 0 aromatic rings. The van der Waals surface area contributed by atoms with Crippen molar-refractivity contribution in [2.24, 2.45) is 5.41 Å². The van der Waals surface area contributed by atoms with Crippen LogP contribution in [0, 0.1) is 16.7 Å². The van der Waals surface area contributed by atoms with E-state index in [4.69, 9.17) is 19.8 Å². The van der Waals surface area contributed by atoms with Crippen LogP contribution in [0.2, 0.25) is 0 Å². The molecule has 0 saturated carbocycles. The Balaban J connectivity index is 2.63. The summed E-state index contributed by atoms with van der Waals surface area (Å²) in [6.07, 6.45) is 0.779. The van der Waals surface area contributed by atoms with Crippen molar-refractivity contribution in [1.29, 1.82) is 5.26 Å². The first-order chi connectivity index (χ1) is 8.18. The van der Waals surface area contributed by atoms with Gasteiger partial charge in [-0.05, 0) is 12.8 Å². The number of ether oxygens (including phenoxy) is 2. The lowest BCUT2D eigenvalue weighted by atomic mass is 9.80. The lowest BCUT2D eigenvalue weighted by Gasteiger charge is -2.30. The van der Waals surface area contributed by atoms with Crippen LogP contribution in [0.3, 0.4) is 0 Å². The highest BCUT2D eigenvalue weighted by atomic mass is 16.5. The zero-order valence-corrected chi connectivity index (χ0v) is 9.94. The number of hydrogen-bond acceptors (Lipinski definition) is 5. The van der Waals surface area contributed by atoms with E-state index in [9.17, 15) is 4.79 Å². The number of methoxy groups -OCH3 is 1. The van der Waals surface area contributed by atoms with Crippen LogP contribution in [0.4, 0.5) is 0 Å². The molecule has 17 heavy (non-hydrogen) atoms. The maximum Gasteiger partial charge on any atom is 0.241 e. The van der Waals surface area contributed by atoms with Gasteiger partial charge in [0, 0.05) is 20.3 Å². The van der Waals surface area contributed by atoms with Gasteiger partial charge >= 0.3 is 0 Å². The van der Waals surface area contributed by atoms with Crippen LogP contribution < -0.4 is 5.32 Å². The summed E-state index contributed by atoms with van der Waals surface area (Å²) in [5.41, 5.74) is -1.03. The van der Waals surface area contributed by atoms with Crippen molar-refractivity contribution >= 4 is 5.91 Å². The summed E-state index contributed by atoms with van der Waals surface area (Å²) in [5.74, 6) is -0.348. The first kappa shape index (κ1) is 13.9. The predicted molar refractivity (Wildman–Crippen MR) is 59.0 cm³/mol. The molecule has 1 fully saturated rings. The molecule has 0 radical (unpaired) electrons. The van der Waals surface area contributed by atoms with Gasteiger partial charge in [0.15, 0.2) is 0 Å². The standard InChI is InChI=1S/C11H18N2O4/c1-16-7-9(6-14)13-10(15)11(8-12)2-4-17-5-3-11/h9,14H,2-7H2,1H3,(H,13,15). The lowest BCUT2D eigenvalue weighted by Crippen LogP contribution is -2.50. The smallest absolute Gasteiger partial charge is 0.241 e. The lowest BCUT2D eigenvalue weighted by molar-refractivity contribution is -0.133. The van der Waals surface area contributed by atoms with Crippen molar-refractivity contribution in [2.45, 2.75) is 18.9 Å². The Morgan fingerprint density at radius 2 is 2.29 bits per heavy atom. The van der Waals surface area contributed by atoms with E-state index in [0.717, 1.165) is 0 Å². The normalized spacial score (nSPS) is 20.3. The van der Waals surface area contributed by atoms with E-state index in [1.807, 2.05) is 0 Å². The van der Waals surface area contributed by atoms with Gasteiger partial charge in [-0.25, -0.2) is 0 Å². The minimum absolute atomic E-state index is 0.211. The fourth-order valence-electron chi connectivity index (χ4n) is 1.77. The average Bonchev–Trinajstić information content (AvgIpc) is 2.38. The monoisotopic (exact) mass is 242 g/mol. The highest BCUT2D eigenvalue weighted by molar-refractivity contribution is 5.85. The van der Waals surface area contributed by atoms with Crippen molar-refractivity contribution in [3.63, 3.8) is 0 Å². The molecule has 0 aromatic heterocycles. The van der Waals surface area contributed by atoms with Crippen molar-refractivity contribution in [3.05, 3.63) is 0 Å². The van der Waals surface area contributed by atoms with Crippen LogP contribution in [0.5, 0.6) is 0 Å². The highest BCUT2D eigenvalue weighted by Crippen LogP contribution is 2.29. The summed E-state index contributed by atoms with van der Waals surface area (Å²) >= 11 is 0. The molecule has 1 aliphatic rings. The van der Waals surface area contributed by atoms with Crippen LogP contribution in [-0.4, -0.2) is 50.6 Å². The predicted octanol–water partition coefficient (Wildman–Crippen LogP) is -0.570. The molecular formula is C11H18N2O4. The van der Waals surface area contributed by atoms with E-state index in [2.05, 4.69) is 11.4 Å². The second-order valence-corrected chi connectivity index (χ2v) is 4.11. The summed E-state index contributed by atoms with van der Waals surface area (Å²) in [6, 6.07) is 1.60. The minimum atomic E-state index is -1.03. The number of hydrogen-bond donors (Lipinski definition) is 2. The first-order valence-corrected chi connectivity index (χ1v) is 5.58. The molecule has 1 amide bonds. The van der Waals surface area contributed by atoms with Gasteiger partial charge in [-0.1, -0.05) is 0 Å². The average molecular weight is 242 g/mol. The SMILES string of the molecule is COCC(CO)NC(=O)C1(C#N)CCOCC1. The maximum atomic E-state index is 12.0. The molecule has 0 spiro atoms. The van der Waals surface area contributed by atoms with Gasteiger partial charge < -0.3 is 19.9 Å². The quantitative estimate of drug-likeness (QED) is 0.673. The molecule has 2 N–H and O–H groups in total. The van der Waals surface area contributed by atoms with Gasteiger partial charge in [-0.15, -0.1) is 0 Å². The minimum Gasteiger partial charge on any atom is -0.394 e. The summed E-state index contributed by atoms with van der Waals surface area (Å²) in [7, 11) is 1.49. The third-order valence-corrected chi connectivity index (χ3v) is 2.92. The van der Waals surface area contributed by atoms with E-state index in [1.54, 1.807) is 0 Å². The van der Waals surface area contributed by atoms with Gasteiger partial charge in [0.25, 0.3) is 0 Å². The van der Waals surface area contributed by atoms with Gasteiger partial charge in [0.2, 0.25) is 5.91 Å². The highest BCUT2D eigenvalue weighted by Gasteiger charge is 2.41. The largest absolute Gasteiger partial charge is 0.394 e. The molecule has 0 bridgehead atoms. The molecule has 6 nitrogen and oxygen atoms in total. The molecular weight excluding hydrogens is 224 g/mol. The van der Waals surface area contributed by atoms with Crippen LogP contribution in [-0.2, 0) is 14.3 Å². The molecule has 1 aliphatic heterocycles. The van der Waals surface area contributed by atoms with E-state index in [-0.39, 0.29) is 19.1 Å². The molecule has 1 atom stereocenters. The van der Waals surface area contributed by atoms with Crippen LogP contribution in [0.1, 0.15) is 12.8 Å². The van der Waals surface area contributed by atoms with Crippen molar-refractivity contribution in [1.82, 2.24) is 5.32 Å². The van der Waals surface area contributed by atoms with Crippen LogP contribution in [0.15, 0.2) is 0 Å². The summed E-state index contributed by atoms with van der Waals surface area (Å²) in [4.78, 5) is 12.0. The zero-order chi connectivity index (χ0) is 12.7.